The number of sulfonamides is 1. The van der Waals surface area contributed by atoms with E-state index in [1.54, 1.807) is 36.7 Å². The first-order valence-corrected chi connectivity index (χ1v) is 10.1. The fourth-order valence-electron chi connectivity index (χ4n) is 2.84. The van der Waals surface area contributed by atoms with Crippen molar-refractivity contribution >= 4 is 15.9 Å². The number of carbonyl (C=O) groups excluding carboxylic acids is 1. The number of carbonyl (C=O) groups is 1. The van der Waals surface area contributed by atoms with Crippen LogP contribution in [0.25, 0.3) is 11.4 Å². The van der Waals surface area contributed by atoms with Crippen LogP contribution in [0.2, 0.25) is 0 Å². The molecule has 0 aliphatic carbocycles. The molecule has 0 radical (unpaired) electrons. The van der Waals surface area contributed by atoms with Gasteiger partial charge in [0.05, 0.1) is 25.0 Å². The minimum absolute atomic E-state index is 0.0666. The van der Waals surface area contributed by atoms with Crippen LogP contribution >= 0.6 is 0 Å². The Balaban J connectivity index is 1.72. The number of ether oxygens (including phenoxy) is 1. The Labute approximate surface area is 158 Å². The average molecular weight is 390 g/mol. The molecule has 1 N–H and O–H groups in total. The highest BCUT2D eigenvalue weighted by Gasteiger charge is 2.34. The number of hydrogen-bond donors (Lipinski definition) is 1. The first-order valence-electron chi connectivity index (χ1n) is 8.53. The highest BCUT2D eigenvalue weighted by Crippen LogP contribution is 2.19. The van der Waals surface area contributed by atoms with Crippen molar-refractivity contribution in [3.63, 3.8) is 0 Å². The summed E-state index contributed by atoms with van der Waals surface area (Å²) in [5.41, 5.74) is 1.19. The molecule has 2 aromatic rings. The lowest BCUT2D eigenvalue weighted by atomic mass is 10.0. The quantitative estimate of drug-likeness (QED) is 0.782. The molecule has 0 saturated carbocycles. The third-order valence-corrected chi connectivity index (χ3v) is 6.41. The number of hydrogen-bond acceptors (Lipinski definition) is 6. The van der Waals surface area contributed by atoms with Crippen molar-refractivity contribution < 1.29 is 17.9 Å². The fraction of sp³-hybridized carbons (Fsp3) is 0.389. The van der Waals surface area contributed by atoms with Crippen LogP contribution in [0.1, 0.15) is 10.4 Å². The van der Waals surface area contributed by atoms with Crippen molar-refractivity contribution in [1.29, 1.82) is 0 Å². The molecular formula is C18H22N4O4S. The van der Waals surface area contributed by atoms with Crippen LogP contribution in [0.15, 0.2) is 42.7 Å². The molecule has 0 bridgehead atoms. The van der Waals surface area contributed by atoms with E-state index in [0.29, 0.717) is 24.6 Å². The molecule has 144 valence electrons. The molecule has 1 aliphatic heterocycles. The van der Waals surface area contributed by atoms with E-state index in [2.05, 4.69) is 15.3 Å². The van der Waals surface area contributed by atoms with Crippen molar-refractivity contribution in [2.75, 3.05) is 33.1 Å². The van der Waals surface area contributed by atoms with Gasteiger partial charge in [-0.2, -0.15) is 0 Å². The molecule has 1 aliphatic rings. The van der Waals surface area contributed by atoms with Gasteiger partial charge in [0, 0.05) is 43.5 Å². The van der Waals surface area contributed by atoms with Gasteiger partial charge in [-0.25, -0.2) is 22.7 Å². The monoisotopic (exact) mass is 390 g/mol. The summed E-state index contributed by atoms with van der Waals surface area (Å²) < 4.78 is 30.9. The van der Waals surface area contributed by atoms with Gasteiger partial charge in [-0.3, -0.25) is 4.79 Å². The number of aromatic nitrogens is 2. The molecule has 0 unspecified atom stereocenters. The van der Waals surface area contributed by atoms with Crippen LogP contribution in [-0.2, 0) is 14.8 Å². The van der Waals surface area contributed by atoms with Crippen molar-refractivity contribution in [2.24, 2.45) is 5.92 Å². The van der Waals surface area contributed by atoms with Gasteiger partial charge in [0.1, 0.15) is 0 Å². The molecule has 2 atom stereocenters. The molecule has 1 saturated heterocycles. The molecule has 8 nitrogen and oxygen atoms in total. The summed E-state index contributed by atoms with van der Waals surface area (Å²) in [5, 5.41) is 2.90. The zero-order valence-electron chi connectivity index (χ0n) is 15.2. The van der Waals surface area contributed by atoms with Gasteiger partial charge in [-0.05, 0) is 18.2 Å². The Morgan fingerprint density at radius 3 is 2.67 bits per heavy atom. The predicted octanol–water partition coefficient (Wildman–Crippen LogP) is 0.780. The minimum atomic E-state index is -3.37. The summed E-state index contributed by atoms with van der Waals surface area (Å²) >= 11 is 0. The smallest absolute Gasteiger partial charge is 0.251 e. The van der Waals surface area contributed by atoms with E-state index in [1.807, 2.05) is 6.07 Å². The second-order valence-corrected chi connectivity index (χ2v) is 8.82. The standard InChI is InChI=1S/C18H22N4O4S/c1-22(2)27(24,25)12-15-10-26-11-16(15)21-18(23)14-6-3-5-13(9-14)17-19-7-4-8-20-17/h3-9,15-16H,10-12H2,1-2H3,(H,21,23)/t15-,16-/m0/s1. The maximum atomic E-state index is 12.7. The Kier molecular flexibility index (Phi) is 5.83. The first-order chi connectivity index (χ1) is 12.9. The van der Waals surface area contributed by atoms with Gasteiger partial charge in [0.2, 0.25) is 10.0 Å². The van der Waals surface area contributed by atoms with E-state index in [9.17, 15) is 13.2 Å². The van der Waals surface area contributed by atoms with Gasteiger partial charge in [0.25, 0.3) is 5.91 Å². The van der Waals surface area contributed by atoms with Crippen molar-refractivity contribution in [1.82, 2.24) is 19.6 Å². The van der Waals surface area contributed by atoms with Gasteiger partial charge in [-0.1, -0.05) is 12.1 Å². The largest absolute Gasteiger partial charge is 0.379 e. The Hall–Kier alpha value is -2.36. The average Bonchev–Trinajstić information content (AvgIpc) is 3.08. The maximum absolute atomic E-state index is 12.7. The molecule has 1 aromatic carbocycles. The lowest BCUT2D eigenvalue weighted by Crippen LogP contribution is -2.43. The van der Waals surface area contributed by atoms with Gasteiger partial charge in [0.15, 0.2) is 5.82 Å². The van der Waals surface area contributed by atoms with Crippen LogP contribution in [0, 0.1) is 5.92 Å². The van der Waals surface area contributed by atoms with Gasteiger partial charge < -0.3 is 10.1 Å². The summed E-state index contributed by atoms with van der Waals surface area (Å²) in [4.78, 5) is 21.0. The Bertz CT molecular complexity index is 903. The van der Waals surface area contributed by atoms with E-state index in [4.69, 9.17) is 4.74 Å². The Morgan fingerprint density at radius 1 is 1.22 bits per heavy atom. The first kappa shape index (κ1) is 19.4. The van der Waals surface area contributed by atoms with Crippen LogP contribution in [0.3, 0.4) is 0 Å². The molecule has 9 heteroatoms. The third-order valence-electron chi connectivity index (χ3n) is 4.44. The van der Waals surface area contributed by atoms with E-state index < -0.39 is 10.0 Å². The minimum Gasteiger partial charge on any atom is -0.379 e. The normalized spacial score (nSPS) is 20.0. The third kappa shape index (κ3) is 4.68. The van der Waals surface area contributed by atoms with Crippen molar-refractivity contribution in [3.8, 4) is 11.4 Å². The van der Waals surface area contributed by atoms with E-state index in [0.717, 1.165) is 5.56 Å². The summed E-state index contributed by atoms with van der Waals surface area (Å²) in [6.45, 7) is 0.594. The summed E-state index contributed by atoms with van der Waals surface area (Å²) in [6, 6.07) is 8.37. The van der Waals surface area contributed by atoms with Crippen LogP contribution < -0.4 is 5.32 Å². The predicted molar refractivity (Wildman–Crippen MR) is 101 cm³/mol. The van der Waals surface area contributed by atoms with Crippen LogP contribution in [0.5, 0.6) is 0 Å². The Morgan fingerprint density at radius 2 is 1.96 bits per heavy atom. The number of amides is 1. The molecule has 3 rings (SSSR count). The SMILES string of the molecule is CN(C)S(=O)(=O)C[C@@H]1COC[C@@H]1NC(=O)c1cccc(-c2ncccn2)c1. The molecule has 2 heterocycles. The van der Waals surface area contributed by atoms with Gasteiger partial charge in [-0.15, -0.1) is 0 Å². The number of nitrogens with one attached hydrogen (secondary N) is 1. The van der Waals surface area contributed by atoms with E-state index in [1.165, 1.54) is 18.4 Å². The number of rotatable bonds is 6. The second kappa shape index (κ2) is 8.12. The molecule has 1 aromatic heterocycles. The van der Waals surface area contributed by atoms with E-state index in [-0.39, 0.29) is 23.6 Å². The number of benzene rings is 1. The lowest BCUT2D eigenvalue weighted by molar-refractivity contribution is 0.0926. The zero-order valence-corrected chi connectivity index (χ0v) is 16.0. The maximum Gasteiger partial charge on any atom is 0.251 e. The summed E-state index contributed by atoms with van der Waals surface area (Å²) in [7, 11) is -0.380. The molecule has 27 heavy (non-hydrogen) atoms. The highest BCUT2D eigenvalue weighted by atomic mass is 32.2. The topological polar surface area (TPSA) is 101 Å². The lowest BCUT2D eigenvalue weighted by Gasteiger charge is -2.21. The fourth-order valence-corrected chi connectivity index (χ4v) is 4.01. The molecule has 1 amide bonds. The molecule has 1 fully saturated rings. The van der Waals surface area contributed by atoms with Crippen molar-refractivity contribution in [2.45, 2.75) is 6.04 Å². The summed E-state index contributed by atoms with van der Waals surface area (Å²) in [5.74, 6) is -0.105. The highest BCUT2D eigenvalue weighted by molar-refractivity contribution is 7.89. The van der Waals surface area contributed by atoms with Gasteiger partial charge >= 0.3 is 0 Å². The molecular weight excluding hydrogens is 368 g/mol. The van der Waals surface area contributed by atoms with Crippen molar-refractivity contribution in [3.05, 3.63) is 48.3 Å². The zero-order chi connectivity index (χ0) is 19.4. The summed E-state index contributed by atoms with van der Waals surface area (Å²) in [6.07, 6.45) is 3.28. The second-order valence-electron chi connectivity index (χ2n) is 6.59. The van der Waals surface area contributed by atoms with Crippen LogP contribution in [-0.4, -0.2) is 67.7 Å². The van der Waals surface area contributed by atoms with Crippen LogP contribution in [0.4, 0.5) is 0 Å². The van der Waals surface area contributed by atoms with E-state index >= 15 is 0 Å². The number of nitrogens with zero attached hydrogens (tertiary/aromatic N) is 3. The molecule has 0 spiro atoms.